The highest BCUT2D eigenvalue weighted by atomic mass is 35.5. The van der Waals surface area contributed by atoms with Crippen molar-refractivity contribution in [1.29, 1.82) is 0 Å². The lowest BCUT2D eigenvalue weighted by Crippen LogP contribution is -2.21. The Labute approximate surface area is 210 Å². The summed E-state index contributed by atoms with van der Waals surface area (Å²) in [6.45, 7) is 1.60. The highest BCUT2D eigenvalue weighted by molar-refractivity contribution is 6.36. The van der Waals surface area contributed by atoms with Crippen molar-refractivity contribution in [2.45, 2.75) is 13.0 Å². The number of nitrogens with zero attached hydrogens (tertiary/aromatic N) is 3. The van der Waals surface area contributed by atoms with Crippen LogP contribution in [-0.2, 0) is 13.0 Å². The summed E-state index contributed by atoms with van der Waals surface area (Å²) in [5, 5.41) is 3.02. The van der Waals surface area contributed by atoms with E-state index in [2.05, 4.69) is 57.3 Å². The number of rotatable bonds is 3. The number of halogens is 4. The molecule has 0 amide bonds. The molecule has 2 heterocycles. The fourth-order valence-electron chi connectivity index (χ4n) is 4.08. The van der Waals surface area contributed by atoms with Crippen molar-refractivity contribution in [2.75, 3.05) is 22.9 Å². The molecule has 5 rings (SSSR count). The van der Waals surface area contributed by atoms with Gasteiger partial charge in [0.25, 0.3) is 0 Å². The monoisotopic (exact) mass is 509 g/mol. The number of hydrogen-bond acceptors (Lipinski definition) is 5. The van der Waals surface area contributed by atoms with Crippen LogP contribution in [-0.4, -0.2) is 16.5 Å². The zero-order valence-electron chi connectivity index (χ0n) is 17.0. The molecule has 9 heteroatoms. The molecule has 0 unspecified atom stereocenters. The minimum Gasteiger partial charge on any atom is -0.383 e. The number of fused-ring (bicyclic) bond motifs is 2. The first-order valence-corrected chi connectivity index (χ1v) is 9.90. The van der Waals surface area contributed by atoms with E-state index in [1.165, 1.54) is 27.8 Å². The van der Waals surface area contributed by atoms with E-state index in [4.69, 9.17) is 23.1 Å². The van der Waals surface area contributed by atoms with Gasteiger partial charge < -0.3 is 16.4 Å². The fraction of sp³-hybridized carbons (Fsp3) is 0.130. The average molecular weight is 511 g/mol. The third kappa shape index (κ3) is 4.66. The summed E-state index contributed by atoms with van der Waals surface area (Å²) in [5.41, 5.74) is 17.5. The standard InChI is InChI=1S/C23H20ClN5.3ClH/c24-20-7-6-17(18-3-1-2-4-19(18)20)14-5-8-21-15(11-14)9-10-29(21)13-16-12-27-23(26)28-22(16)25;;;/h1-8,11-12H,9-10,13H2,(H4,25,26,27,28);3*1H. The summed E-state index contributed by atoms with van der Waals surface area (Å²) in [6.07, 6.45) is 2.70. The summed E-state index contributed by atoms with van der Waals surface area (Å²) < 4.78 is 0. The number of aromatic nitrogens is 2. The lowest BCUT2D eigenvalue weighted by Gasteiger charge is -2.20. The summed E-state index contributed by atoms with van der Waals surface area (Å²) in [5.74, 6) is 0.642. The van der Waals surface area contributed by atoms with Crippen molar-refractivity contribution < 1.29 is 0 Å². The van der Waals surface area contributed by atoms with Crippen molar-refractivity contribution in [3.05, 3.63) is 76.9 Å². The lowest BCUT2D eigenvalue weighted by atomic mass is 9.96. The maximum Gasteiger partial charge on any atom is 0.221 e. The molecule has 32 heavy (non-hydrogen) atoms. The van der Waals surface area contributed by atoms with Gasteiger partial charge in [-0.3, -0.25) is 0 Å². The van der Waals surface area contributed by atoms with Gasteiger partial charge in [0.05, 0.1) is 0 Å². The SMILES string of the molecule is Cl.Cl.Cl.Nc1ncc(CN2CCc3cc(-c4ccc(Cl)c5ccccc45)ccc32)c(N)n1. The van der Waals surface area contributed by atoms with Crippen molar-refractivity contribution in [3.63, 3.8) is 0 Å². The molecular weight excluding hydrogens is 488 g/mol. The smallest absolute Gasteiger partial charge is 0.221 e. The Morgan fingerprint density at radius 1 is 0.938 bits per heavy atom. The second-order valence-corrected chi connectivity index (χ2v) is 7.70. The van der Waals surface area contributed by atoms with Gasteiger partial charge in [-0.1, -0.05) is 48.0 Å². The molecule has 5 nitrogen and oxygen atoms in total. The van der Waals surface area contributed by atoms with Crippen LogP contribution in [0.15, 0.2) is 60.8 Å². The Morgan fingerprint density at radius 3 is 2.44 bits per heavy atom. The van der Waals surface area contributed by atoms with E-state index in [-0.39, 0.29) is 43.2 Å². The molecular formula is C23H23Cl4N5. The van der Waals surface area contributed by atoms with Crippen LogP contribution in [0.1, 0.15) is 11.1 Å². The van der Waals surface area contributed by atoms with Gasteiger partial charge in [0.15, 0.2) is 0 Å². The molecule has 4 aromatic rings. The largest absolute Gasteiger partial charge is 0.383 e. The zero-order valence-corrected chi connectivity index (χ0v) is 20.2. The van der Waals surface area contributed by atoms with Crippen molar-refractivity contribution in [3.8, 4) is 11.1 Å². The van der Waals surface area contributed by atoms with Gasteiger partial charge in [-0.05, 0) is 46.7 Å². The quantitative estimate of drug-likeness (QED) is 0.356. The maximum absolute atomic E-state index is 6.39. The summed E-state index contributed by atoms with van der Waals surface area (Å²) in [6, 6.07) is 19.0. The molecule has 0 spiro atoms. The Morgan fingerprint density at radius 2 is 1.69 bits per heavy atom. The molecule has 0 atom stereocenters. The molecule has 0 saturated carbocycles. The number of hydrogen-bond donors (Lipinski definition) is 2. The molecule has 0 aliphatic carbocycles. The molecule has 0 fully saturated rings. The predicted molar refractivity (Wildman–Crippen MR) is 142 cm³/mol. The van der Waals surface area contributed by atoms with Gasteiger partial charge >= 0.3 is 0 Å². The molecule has 0 radical (unpaired) electrons. The minimum atomic E-state index is 0. The molecule has 3 aromatic carbocycles. The summed E-state index contributed by atoms with van der Waals surface area (Å²) in [4.78, 5) is 10.5. The van der Waals surface area contributed by atoms with Crippen LogP contribution in [0.4, 0.5) is 17.5 Å². The molecule has 1 aliphatic rings. The van der Waals surface area contributed by atoms with Crippen LogP contribution in [0.2, 0.25) is 5.02 Å². The van der Waals surface area contributed by atoms with Crippen LogP contribution < -0.4 is 16.4 Å². The topological polar surface area (TPSA) is 81.1 Å². The molecule has 4 N–H and O–H groups in total. The van der Waals surface area contributed by atoms with Crippen LogP contribution in [0, 0.1) is 0 Å². The van der Waals surface area contributed by atoms with Gasteiger partial charge in [-0.25, -0.2) is 4.98 Å². The molecule has 1 aliphatic heterocycles. The molecule has 0 saturated heterocycles. The minimum absolute atomic E-state index is 0. The van der Waals surface area contributed by atoms with Crippen LogP contribution in [0.5, 0.6) is 0 Å². The summed E-state index contributed by atoms with van der Waals surface area (Å²) in [7, 11) is 0. The van der Waals surface area contributed by atoms with Crippen molar-refractivity contribution in [2.24, 2.45) is 0 Å². The first-order valence-electron chi connectivity index (χ1n) is 9.52. The van der Waals surface area contributed by atoms with Crippen molar-refractivity contribution >= 4 is 77.0 Å². The molecule has 1 aromatic heterocycles. The fourth-order valence-corrected chi connectivity index (χ4v) is 4.31. The maximum atomic E-state index is 6.39. The first-order chi connectivity index (χ1) is 14.1. The van der Waals surface area contributed by atoms with Crippen molar-refractivity contribution in [1.82, 2.24) is 9.97 Å². The normalized spacial score (nSPS) is 11.8. The van der Waals surface area contributed by atoms with Gasteiger partial charge in [-0.2, -0.15) is 4.98 Å². The van der Waals surface area contributed by atoms with Crippen LogP contribution >= 0.6 is 48.8 Å². The van der Waals surface area contributed by atoms with E-state index in [1.54, 1.807) is 6.20 Å². The second-order valence-electron chi connectivity index (χ2n) is 7.29. The van der Waals surface area contributed by atoms with E-state index < -0.39 is 0 Å². The average Bonchev–Trinajstić information content (AvgIpc) is 3.13. The van der Waals surface area contributed by atoms with Crippen LogP contribution in [0.3, 0.4) is 0 Å². The Balaban J connectivity index is 0.00000121. The lowest BCUT2D eigenvalue weighted by molar-refractivity contribution is 0.830. The third-order valence-corrected chi connectivity index (χ3v) is 5.86. The highest BCUT2D eigenvalue weighted by Crippen LogP contribution is 2.37. The Bertz CT molecular complexity index is 1250. The summed E-state index contributed by atoms with van der Waals surface area (Å²) >= 11 is 6.39. The number of anilines is 3. The van der Waals surface area contributed by atoms with E-state index >= 15 is 0 Å². The third-order valence-electron chi connectivity index (χ3n) is 5.53. The number of benzene rings is 3. The first kappa shape index (κ1) is 25.8. The van der Waals surface area contributed by atoms with Gasteiger partial charge in [0.1, 0.15) is 5.82 Å². The zero-order chi connectivity index (χ0) is 20.0. The highest BCUT2D eigenvalue weighted by Gasteiger charge is 2.21. The van der Waals surface area contributed by atoms with Gasteiger partial charge in [0.2, 0.25) is 5.95 Å². The van der Waals surface area contributed by atoms with E-state index in [9.17, 15) is 0 Å². The van der Waals surface area contributed by atoms with Gasteiger partial charge in [0, 0.05) is 40.9 Å². The molecule has 168 valence electrons. The predicted octanol–water partition coefficient (Wildman–Crippen LogP) is 5.94. The van der Waals surface area contributed by atoms with Crippen LogP contribution in [0.25, 0.3) is 21.9 Å². The molecule has 0 bridgehead atoms. The van der Waals surface area contributed by atoms with E-state index in [0.29, 0.717) is 12.4 Å². The van der Waals surface area contributed by atoms with E-state index in [1.807, 2.05) is 12.1 Å². The Hall–Kier alpha value is -2.44. The number of nitrogens with two attached hydrogens (primary N) is 2. The Kier molecular flexibility index (Phi) is 8.43. The van der Waals surface area contributed by atoms with E-state index in [0.717, 1.165) is 28.9 Å². The van der Waals surface area contributed by atoms with Gasteiger partial charge in [-0.15, -0.1) is 37.2 Å². The number of nitrogen functional groups attached to an aromatic ring is 2. The second kappa shape index (κ2) is 10.5.